The fourth-order valence-electron chi connectivity index (χ4n) is 2.37. The highest BCUT2D eigenvalue weighted by Crippen LogP contribution is 2.23. The van der Waals surface area contributed by atoms with Gasteiger partial charge in [0, 0.05) is 30.2 Å². The molecule has 0 radical (unpaired) electrons. The Bertz CT molecular complexity index is 508. The van der Waals surface area contributed by atoms with Gasteiger partial charge in [0.15, 0.2) is 5.96 Å². The molecule has 0 saturated carbocycles. The molecule has 1 aliphatic heterocycles. The van der Waals surface area contributed by atoms with Crippen LogP contribution in [0.2, 0.25) is 5.02 Å². The molecule has 0 unspecified atom stereocenters. The van der Waals surface area contributed by atoms with E-state index in [9.17, 15) is 5.11 Å². The molecule has 5 nitrogen and oxygen atoms in total. The van der Waals surface area contributed by atoms with Crippen molar-refractivity contribution in [3.05, 3.63) is 28.8 Å². The number of guanidine groups is 1. The van der Waals surface area contributed by atoms with Gasteiger partial charge in [0.1, 0.15) is 5.75 Å². The topological polar surface area (TPSA) is 57.1 Å². The molecule has 1 aromatic carbocycles. The van der Waals surface area contributed by atoms with Crippen molar-refractivity contribution in [2.24, 2.45) is 4.99 Å². The maximum Gasteiger partial charge on any atom is 0.194 e. The summed E-state index contributed by atoms with van der Waals surface area (Å²) in [6.07, 6.45) is 0.522. The summed E-state index contributed by atoms with van der Waals surface area (Å²) in [6.45, 7) is 4.79. The third kappa shape index (κ3) is 4.25. The number of methoxy groups -OCH3 is 1. The Morgan fingerprint density at radius 2 is 2.38 bits per heavy atom. The van der Waals surface area contributed by atoms with Crippen LogP contribution in [0.3, 0.4) is 0 Å². The molecule has 2 rings (SSSR count). The molecular formula is C15H22ClN3O2. The number of hydrogen-bond donors (Lipinski definition) is 2. The first-order chi connectivity index (χ1) is 10.1. The van der Waals surface area contributed by atoms with E-state index in [4.69, 9.17) is 16.3 Å². The van der Waals surface area contributed by atoms with E-state index < -0.39 is 0 Å². The minimum Gasteiger partial charge on any atom is -0.496 e. The molecule has 0 aromatic heterocycles. The zero-order chi connectivity index (χ0) is 15.2. The maximum atomic E-state index is 9.66. The lowest BCUT2D eigenvalue weighted by molar-refractivity contribution is 0.188. The third-order valence-electron chi connectivity index (χ3n) is 3.45. The summed E-state index contributed by atoms with van der Waals surface area (Å²) in [5.41, 5.74) is 0.983. The summed E-state index contributed by atoms with van der Waals surface area (Å²) in [6, 6.07) is 5.55. The van der Waals surface area contributed by atoms with Gasteiger partial charge in [-0.1, -0.05) is 17.7 Å². The number of β-amino-alcohol motifs (C(OH)–C–C–N with tert-alkyl or cyclic N) is 1. The average molecular weight is 312 g/mol. The number of nitrogens with zero attached hydrogens (tertiary/aromatic N) is 2. The highest BCUT2D eigenvalue weighted by molar-refractivity contribution is 6.30. The van der Waals surface area contributed by atoms with Crippen molar-refractivity contribution in [2.45, 2.75) is 26.0 Å². The van der Waals surface area contributed by atoms with Gasteiger partial charge in [0.05, 0.1) is 19.8 Å². The van der Waals surface area contributed by atoms with Gasteiger partial charge in [-0.05, 0) is 25.5 Å². The number of aliphatic hydroxyl groups is 1. The smallest absolute Gasteiger partial charge is 0.194 e. The molecule has 0 spiro atoms. The first-order valence-corrected chi connectivity index (χ1v) is 7.55. The molecule has 1 fully saturated rings. The van der Waals surface area contributed by atoms with Crippen molar-refractivity contribution in [3.8, 4) is 5.75 Å². The van der Waals surface area contributed by atoms with Crippen molar-refractivity contribution < 1.29 is 9.84 Å². The summed E-state index contributed by atoms with van der Waals surface area (Å²) >= 11 is 5.96. The lowest BCUT2D eigenvalue weighted by Gasteiger charge is -2.21. The molecule has 1 saturated heterocycles. The summed E-state index contributed by atoms with van der Waals surface area (Å²) in [4.78, 5) is 6.72. The molecule has 1 aromatic rings. The summed E-state index contributed by atoms with van der Waals surface area (Å²) in [7, 11) is 1.63. The number of hydrogen-bond acceptors (Lipinski definition) is 3. The SMILES string of the molecule is CCNC(=NCc1ccc(Cl)cc1OC)N1CC[C@@H](O)C1. The predicted molar refractivity (Wildman–Crippen MR) is 85.0 cm³/mol. The average Bonchev–Trinajstić information content (AvgIpc) is 2.90. The molecule has 1 aliphatic rings. The van der Waals surface area contributed by atoms with E-state index in [1.807, 2.05) is 19.1 Å². The largest absolute Gasteiger partial charge is 0.496 e. The van der Waals surface area contributed by atoms with E-state index in [-0.39, 0.29) is 6.10 Å². The van der Waals surface area contributed by atoms with Gasteiger partial charge in [-0.3, -0.25) is 0 Å². The lowest BCUT2D eigenvalue weighted by Crippen LogP contribution is -2.40. The van der Waals surface area contributed by atoms with Crippen LogP contribution in [-0.4, -0.2) is 48.8 Å². The summed E-state index contributed by atoms with van der Waals surface area (Å²) < 4.78 is 5.33. The standard InChI is InChI=1S/C15H22ClN3O2/c1-3-17-15(19-7-6-13(20)10-19)18-9-11-4-5-12(16)8-14(11)21-2/h4-5,8,13,20H,3,6-7,9-10H2,1-2H3,(H,17,18)/t13-/m1/s1. The molecule has 1 heterocycles. The number of aliphatic imine (C=N–C) groups is 1. The van der Waals surface area contributed by atoms with E-state index in [0.717, 1.165) is 36.8 Å². The molecule has 1 atom stereocenters. The second kappa shape index (κ2) is 7.52. The second-order valence-corrected chi connectivity index (χ2v) is 5.45. The molecule has 0 amide bonds. The zero-order valence-corrected chi connectivity index (χ0v) is 13.2. The molecule has 21 heavy (non-hydrogen) atoms. The van der Waals surface area contributed by atoms with Gasteiger partial charge in [-0.15, -0.1) is 0 Å². The fourth-order valence-corrected chi connectivity index (χ4v) is 2.53. The molecule has 0 aliphatic carbocycles. The first kappa shape index (κ1) is 15.9. The van der Waals surface area contributed by atoms with Crippen LogP contribution in [-0.2, 0) is 6.54 Å². The van der Waals surface area contributed by atoms with Crippen molar-refractivity contribution >= 4 is 17.6 Å². The van der Waals surface area contributed by atoms with E-state index in [0.29, 0.717) is 18.1 Å². The Hall–Kier alpha value is -1.46. The first-order valence-electron chi connectivity index (χ1n) is 7.17. The molecule has 2 N–H and O–H groups in total. The lowest BCUT2D eigenvalue weighted by atomic mass is 10.2. The molecule has 6 heteroatoms. The predicted octanol–water partition coefficient (Wildman–Crippen LogP) is 1.88. The summed E-state index contributed by atoms with van der Waals surface area (Å²) in [5, 5.41) is 13.6. The van der Waals surface area contributed by atoms with Gasteiger partial charge < -0.3 is 20.1 Å². The van der Waals surface area contributed by atoms with Crippen LogP contribution in [0.4, 0.5) is 0 Å². The van der Waals surface area contributed by atoms with Crippen LogP contribution in [0.15, 0.2) is 23.2 Å². The van der Waals surface area contributed by atoms with E-state index in [1.165, 1.54) is 0 Å². The fraction of sp³-hybridized carbons (Fsp3) is 0.533. The van der Waals surface area contributed by atoms with E-state index in [1.54, 1.807) is 13.2 Å². The normalized spacial score (nSPS) is 19.0. The van der Waals surface area contributed by atoms with Gasteiger partial charge in [0.25, 0.3) is 0 Å². The number of rotatable bonds is 4. The third-order valence-corrected chi connectivity index (χ3v) is 3.68. The van der Waals surface area contributed by atoms with Gasteiger partial charge >= 0.3 is 0 Å². The maximum absolute atomic E-state index is 9.66. The highest BCUT2D eigenvalue weighted by Gasteiger charge is 2.22. The Balaban J connectivity index is 2.12. The van der Waals surface area contributed by atoms with Crippen molar-refractivity contribution in [1.82, 2.24) is 10.2 Å². The summed E-state index contributed by atoms with van der Waals surface area (Å²) in [5.74, 6) is 1.56. The minimum absolute atomic E-state index is 0.265. The second-order valence-electron chi connectivity index (χ2n) is 5.01. The van der Waals surface area contributed by atoms with E-state index >= 15 is 0 Å². The Morgan fingerprint density at radius 1 is 1.57 bits per heavy atom. The van der Waals surface area contributed by atoms with Crippen molar-refractivity contribution in [3.63, 3.8) is 0 Å². The van der Waals surface area contributed by atoms with Crippen LogP contribution in [0.1, 0.15) is 18.9 Å². The van der Waals surface area contributed by atoms with Crippen LogP contribution in [0.5, 0.6) is 5.75 Å². The van der Waals surface area contributed by atoms with Crippen LogP contribution >= 0.6 is 11.6 Å². The van der Waals surface area contributed by atoms with Gasteiger partial charge in [0.2, 0.25) is 0 Å². The number of likely N-dealkylation sites (tertiary alicyclic amines) is 1. The van der Waals surface area contributed by atoms with Crippen LogP contribution < -0.4 is 10.1 Å². The molecule has 116 valence electrons. The van der Waals surface area contributed by atoms with Crippen molar-refractivity contribution in [2.75, 3.05) is 26.7 Å². The van der Waals surface area contributed by atoms with Gasteiger partial charge in [-0.2, -0.15) is 0 Å². The zero-order valence-electron chi connectivity index (χ0n) is 12.5. The quantitative estimate of drug-likeness (QED) is 0.658. The minimum atomic E-state index is -0.265. The molecular weight excluding hydrogens is 290 g/mol. The number of benzene rings is 1. The van der Waals surface area contributed by atoms with Crippen LogP contribution in [0.25, 0.3) is 0 Å². The molecule has 0 bridgehead atoms. The number of aliphatic hydroxyl groups excluding tert-OH is 1. The van der Waals surface area contributed by atoms with E-state index in [2.05, 4.69) is 15.2 Å². The van der Waals surface area contributed by atoms with Crippen molar-refractivity contribution in [1.29, 1.82) is 0 Å². The Kier molecular flexibility index (Phi) is 5.70. The number of nitrogens with one attached hydrogen (secondary N) is 1. The van der Waals surface area contributed by atoms with Gasteiger partial charge in [-0.25, -0.2) is 4.99 Å². The number of halogens is 1. The number of ether oxygens (including phenoxy) is 1. The Morgan fingerprint density at radius 3 is 3.00 bits per heavy atom. The highest BCUT2D eigenvalue weighted by atomic mass is 35.5. The Labute approximate surface area is 130 Å². The van der Waals surface area contributed by atoms with Crippen LogP contribution in [0, 0.1) is 0 Å². The monoisotopic (exact) mass is 311 g/mol.